The molecule has 1 amide bonds. The molecular weight excluding hydrogens is 513 g/mol. The van der Waals surface area contributed by atoms with Gasteiger partial charge in [0.1, 0.15) is 11.4 Å². The third-order valence-electron chi connectivity index (χ3n) is 5.96. The van der Waals surface area contributed by atoms with Gasteiger partial charge in [0.2, 0.25) is 10.0 Å². The van der Waals surface area contributed by atoms with Gasteiger partial charge in [0.15, 0.2) is 0 Å². The third-order valence-corrected chi connectivity index (χ3v) is 7.34. The number of hydrogen-bond acceptors (Lipinski definition) is 7. The van der Waals surface area contributed by atoms with Crippen molar-refractivity contribution in [1.29, 1.82) is 0 Å². The van der Waals surface area contributed by atoms with Crippen LogP contribution in [-0.4, -0.2) is 74.9 Å². The Labute approximate surface area is 224 Å². The van der Waals surface area contributed by atoms with Crippen LogP contribution in [0.5, 0.6) is 0 Å². The van der Waals surface area contributed by atoms with E-state index in [2.05, 4.69) is 14.4 Å². The SMILES string of the molecule is COC(=O)c1ccc(CCCS(=O)(=O)Nc2cccc(CN3CCN(C(=O)OC(C)(C)C)CC3)c2)c(F)c1. The maximum absolute atomic E-state index is 14.3. The maximum Gasteiger partial charge on any atom is 0.410 e. The Hall–Kier alpha value is -3.18. The van der Waals surface area contributed by atoms with Crippen LogP contribution in [0.15, 0.2) is 42.5 Å². The molecule has 0 spiro atoms. The molecule has 38 heavy (non-hydrogen) atoms. The summed E-state index contributed by atoms with van der Waals surface area (Å²) < 4.78 is 52.2. The molecule has 2 aromatic rings. The number of benzene rings is 2. The molecule has 0 aromatic heterocycles. The fourth-order valence-electron chi connectivity index (χ4n) is 4.08. The van der Waals surface area contributed by atoms with Crippen molar-refractivity contribution in [3.8, 4) is 0 Å². The zero-order chi connectivity index (χ0) is 27.9. The molecule has 2 aromatic carbocycles. The van der Waals surface area contributed by atoms with Crippen LogP contribution in [0.25, 0.3) is 0 Å². The second-order valence-electron chi connectivity index (χ2n) is 10.3. The van der Waals surface area contributed by atoms with Gasteiger partial charge in [-0.05, 0) is 69.0 Å². The van der Waals surface area contributed by atoms with Crippen molar-refractivity contribution in [3.05, 3.63) is 65.0 Å². The van der Waals surface area contributed by atoms with Crippen LogP contribution in [0.3, 0.4) is 0 Å². The van der Waals surface area contributed by atoms with Crippen LogP contribution in [0, 0.1) is 5.82 Å². The Morgan fingerprint density at radius 2 is 1.76 bits per heavy atom. The standard InChI is InChI=1S/C27H36FN3O6S/c1-27(2,3)37-26(33)31-14-12-30(13-15-31)19-20-7-5-9-23(17-20)29-38(34,35)16-6-8-21-10-11-22(18-24(21)28)25(32)36-4/h5,7,9-11,17-18,29H,6,8,12-16,19H2,1-4H3. The molecule has 1 heterocycles. The van der Waals surface area contributed by atoms with Crippen molar-refractivity contribution in [1.82, 2.24) is 9.80 Å². The van der Waals surface area contributed by atoms with Gasteiger partial charge in [0.25, 0.3) is 0 Å². The molecule has 0 saturated carbocycles. The Bertz CT molecular complexity index is 1240. The fraction of sp³-hybridized carbons (Fsp3) is 0.481. The van der Waals surface area contributed by atoms with Crippen LogP contribution < -0.4 is 4.72 Å². The van der Waals surface area contributed by atoms with E-state index in [9.17, 15) is 22.4 Å². The van der Waals surface area contributed by atoms with E-state index in [1.54, 1.807) is 23.1 Å². The molecule has 0 aliphatic carbocycles. The van der Waals surface area contributed by atoms with Crippen LogP contribution in [0.4, 0.5) is 14.9 Å². The summed E-state index contributed by atoms with van der Waals surface area (Å²) in [7, 11) is -2.42. The Morgan fingerprint density at radius 3 is 2.39 bits per heavy atom. The molecule has 0 bridgehead atoms. The van der Waals surface area contributed by atoms with Crippen molar-refractivity contribution >= 4 is 27.8 Å². The van der Waals surface area contributed by atoms with Gasteiger partial charge < -0.3 is 14.4 Å². The summed E-state index contributed by atoms with van der Waals surface area (Å²) in [5, 5.41) is 0. The third kappa shape index (κ3) is 8.98. The minimum Gasteiger partial charge on any atom is -0.465 e. The number of rotatable bonds is 9. The zero-order valence-corrected chi connectivity index (χ0v) is 23.1. The molecule has 0 radical (unpaired) electrons. The van der Waals surface area contributed by atoms with Crippen molar-refractivity contribution < 1.29 is 31.9 Å². The van der Waals surface area contributed by atoms with Crippen molar-refractivity contribution in [2.24, 2.45) is 0 Å². The predicted molar refractivity (Wildman–Crippen MR) is 143 cm³/mol. The number of esters is 1. The lowest BCUT2D eigenvalue weighted by atomic mass is 10.1. The van der Waals surface area contributed by atoms with Gasteiger partial charge in [-0.2, -0.15) is 0 Å². The summed E-state index contributed by atoms with van der Waals surface area (Å²) in [6.07, 6.45) is 0.115. The van der Waals surface area contributed by atoms with E-state index in [4.69, 9.17) is 4.74 Å². The lowest BCUT2D eigenvalue weighted by molar-refractivity contribution is 0.0139. The summed E-state index contributed by atoms with van der Waals surface area (Å²) in [5.41, 5.74) is 1.32. The van der Waals surface area contributed by atoms with Crippen LogP contribution in [0.2, 0.25) is 0 Å². The van der Waals surface area contributed by atoms with Crippen LogP contribution in [-0.2, 0) is 32.5 Å². The number of piperazine rings is 1. The Kier molecular flexibility index (Phi) is 9.72. The summed E-state index contributed by atoms with van der Waals surface area (Å²) >= 11 is 0. The average Bonchev–Trinajstić information content (AvgIpc) is 2.83. The molecular formula is C27H36FN3O6S. The monoisotopic (exact) mass is 549 g/mol. The number of halogens is 1. The second-order valence-corrected chi connectivity index (χ2v) is 12.1. The lowest BCUT2D eigenvalue weighted by Crippen LogP contribution is -2.49. The van der Waals surface area contributed by atoms with E-state index in [0.717, 1.165) is 11.6 Å². The number of amides is 1. The molecule has 1 saturated heterocycles. The topological polar surface area (TPSA) is 105 Å². The highest BCUT2D eigenvalue weighted by Crippen LogP contribution is 2.18. The van der Waals surface area contributed by atoms with Gasteiger partial charge in [-0.3, -0.25) is 9.62 Å². The highest BCUT2D eigenvalue weighted by atomic mass is 32.2. The first-order valence-corrected chi connectivity index (χ1v) is 14.2. The summed E-state index contributed by atoms with van der Waals surface area (Å²) in [5.74, 6) is -1.38. The van der Waals surface area contributed by atoms with Crippen LogP contribution >= 0.6 is 0 Å². The first kappa shape index (κ1) is 29.4. The number of anilines is 1. The van der Waals surface area contributed by atoms with Crippen molar-refractivity contribution in [2.45, 2.75) is 45.8 Å². The number of hydrogen-bond donors (Lipinski definition) is 1. The summed E-state index contributed by atoms with van der Waals surface area (Å²) in [4.78, 5) is 27.7. The fourth-order valence-corrected chi connectivity index (χ4v) is 5.20. The first-order valence-electron chi connectivity index (χ1n) is 12.5. The van der Waals surface area contributed by atoms with E-state index in [0.29, 0.717) is 44.0 Å². The molecule has 1 N–H and O–H groups in total. The van der Waals surface area contributed by atoms with Gasteiger partial charge in [-0.25, -0.2) is 22.4 Å². The predicted octanol–water partition coefficient (Wildman–Crippen LogP) is 4.04. The maximum atomic E-state index is 14.3. The van der Waals surface area contributed by atoms with Gasteiger partial charge in [-0.1, -0.05) is 18.2 Å². The van der Waals surface area contributed by atoms with Gasteiger partial charge >= 0.3 is 12.1 Å². The molecule has 3 rings (SSSR count). The molecule has 1 fully saturated rings. The van der Waals surface area contributed by atoms with Gasteiger partial charge in [0.05, 0.1) is 18.4 Å². The van der Waals surface area contributed by atoms with Gasteiger partial charge in [-0.15, -0.1) is 0 Å². The summed E-state index contributed by atoms with van der Waals surface area (Å²) in [6.45, 7) is 8.65. The average molecular weight is 550 g/mol. The highest BCUT2D eigenvalue weighted by Gasteiger charge is 2.26. The van der Waals surface area contributed by atoms with E-state index in [-0.39, 0.29) is 30.3 Å². The number of nitrogens with zero attached hydrogens (tertiary/aromatic N) is 2. The smallest absolute Gasteiger partial charge is 0.410 e. The molecule has 9 nitrogen and oxygen atoms in total. The molecule has 1 aliphatic rings. The second kappa shape index (κ2) is 12.6. The van der Waals surface area contributed by atoms with E-state index >= 15 is 0 Å². The first-order chi connectivity index (χ1) is 17.8. The van der Waals surface area contributed by atoms with Crippen molar-refractivity contribution in [2.75, 3.05) is 43.8 Å². The number of methoxy groups -OCH3 is 1. The normalized spacial score (nSPS) is 14.7. The van der Waals surface area contributed by atoms with E-state index in [1.807, 2.05) is 26.8 Å². The van der Waals surface area contributed by atoms with Gasteiger partial charge in [0, 0.05) is 38.4 Å². The molecule has 0 atom stereocenters. The Morgan fingerprint density at radius 1 is 1.05 bits per heavy atom. The lowest BCUT2D eigenvalue weighted by Gasteiger charge is -2.35. The minimum atomic E-state index is -3.64. The van der Waals surface area contributed by atoms with E-state index in [1.165, 1.54) is 19.2 Å². The number of ether oxygens (including phenoxy) is 2. The minimum absolute atomic E-state index is 0.104. The van der Waals surface area contributed by atoms with E-state index < -0.39 is 27.4 Å². The molecule has 11 heteroatoms. The number of nitrogens with one attached hydrogen (secondary N) is 1. The molecule has 1 aliphatic heterocycles. The number of carbonyl (C=O) groups is 2. The number of carbonyl (C=O) groups excluding carboxylic acids is 2. The number of sulfonamides is 1. The molecule has 208 valence electrons. The Balaban J connectivity index is 1.48. The van der Waals surface area contributed by atoms with Crippen molar-refractivity contribution in [3.63, 3.8) is 0 Å². The highest BCUT2D eigenvalue weighted by molar-refractivity contribution is 7.92. The summed E-state index contributed by atoms with van der Waals surface area (Å²) in [6, 6.07) is 11.2. The molecule has 0 unspecified atom stereocenters. The zero-order valence-electron chi connectivity index (χ0n) is 22.3. The largest absolute Gasteiger partial charge is 0.465 e. The quantitative estimate of drug-likeness (QED) is 0.471. The number of aryl methyl sites for hydroxylation is 1. The van der Waals surface area contributed by atoms with Crippen LogP contribution in [0.1, 0.15) is 48.7 Å².